The number of fused-ring (bicyclic) bond motifs is 1. The summed E-state index contributed by atoms with van der Waals surface area (Å²) in [5.41, 5.74) is 6.83. The van der Waals surface area contributed by atoms with Crippen LogP contribution in [0.2, 0.25) is 5.02 Å². The molecule has 0 radical (unpaired) electrons. The zero-order valence-corrected chi connectivity index (χ0v) is 21.8. The lowest BCUT2D eigenvalue weighted by Gasteiger charge is -2.40. The van der Waals surface area contributed by atoms with E-state index in [1.165, 1.54) is 22.3 Å². The van der Waals surface area contributed by atoms with Crippen LogP contribution in [0.15, 0.2) is 85.3 Å². The van der Waals surface area contributed by atoms with Crippen LogP contribution < -0.4 is 4.90 Å². The van der Waals surface area contributed by atoms with Gasteiger partial charge in [-0.2, -0.15) is 5.10 Å². The number of hydrogen-bond donors (Lipinski definition) is 0. The van der Waals surface area contributed by atoms with Gasteiger partial charge in [0.25, 0.3) is 0 Å². The van der Waals surface area contributed by atoms with Crippen LogP contribution in [0.3, 0.4) is 0 Å². The molecule has 6 rings (SSSR count). The van der Waals surface area contributed by atoms with Gasteiger partial charge in [0, 0.05) is 31.2 Å². The molecule has 1 fully saturated rings. The van der Waals surface area contributed by atoms with Crippen molar-refractivity contribution in [2.75, 3.05) is 31.1 Å². The van der Waals surface area contributed by atoms with Crippen molar-refractivity contribution >= 4 is 28.5 Å². The fraction of sp³-hybridized carbons (Fsp3) is 0.233. The normalized spacial score (nSPS) is 15.3. The zero-order valence-electron chi connectivity index (χ0n) is 21.0. The highest BCUT2D eigenvalue weighted by Crippen LogP contribution is 2.32. The predicted octanol–water partition coefficient (Wildman–Crippen LogP) is 6.00. The largest absolute Gasteiger partial charge is 0.353 e. The van der Waals surface area contributed by atoms with Crippen LogP contribution in [0.25, 0.3) is 16.7 Å². The molecule has 7 heteroatoms. The Bertz CT molecular complexity index is 1520. The Kier molecular flexibility index (Phi) is 6.37. The first-order valence-corrected chi connectivity index (χ1v) is 13.0. The van der Waals surface area contributed by atoms with Gasteiger partial charge in [0.15, 0.2) is 5.65 Å². The molecule has 0 amide bonds. The van der Waals surface area contributed by atoms with Crippen molar-refractivity contribution in [1.29, 1.82) is 0 Å². The molecule has 2 aromatic heterocycles. The van der Waals surface area contributed by atoms with Gasteiger partial charge >= 0.3 is 0 Å². The molecule has 0 saturated carbocycles. The average Bonchev–Trinajstić information content (AvgIpc) is 3.35. The molecule has 6 nitrogen and oxygen atoms in total. The number of hydrogen-bond acceptors (Lipinski definition) is 5. The number of piperazine rings is 1. The minimum Gasteiger partial charge on any atom is -0.353 e. The second-order valence-corrected chi connectivity index (χ2v) is 10.1. The molecule has 1 saturated heterocycles. The molecule has 3 heterocycles. The van der Waals surface area contributed by atoms with Crippen LogP contribution in [0.5, 0.6) is 0 Å². The molecule has 0 spiro atoms. The first-order chi connectivity index (χ1) is 18.1. The van der Waals surface area contributed by atoms with Crippen molar-refractivity contribution in [2.24, 2.45) is 0 Å². The van der Waals surface area contributed by atoms with E-state index in [0.717, 1.165) is 53.7 Å². The van der Waals surface area contributed by atoms with Gasteiger partial charge in [-0.25, -0.2) is 14.6 Å². The first-order valence-electron chi connectivity index (χ1n) is 12.6. The lowest BCUT2D eigenvalue weighted by molar-refractivity contribution is 0.212. The zero-order chi connectivity index (χ0) is 25.4. The van der Waals surface area contributed by atoms with E-state index in [4.69, 9.17) is 21.7 Å². The van der Waals surface area contributed by atoms with Gasteiger partial charge in [0.05, 0.1) is 23.3 Å². The first kappa shape index (κ1) is 23.6. The smallest absolute Gasteiger partial charge is 0.168 e. The summed E-state index contributed by atoms with van der Waals surface area (Å²) in [4.78, 5) is 14.2. The average molecular weight is 509 g/mol. The Morgan fingerprint density at radius 1 is 0.811 bits per heavy atom. The fourth-order valence-electron chi connectivity index (χ4n) is 5.39. The highest BCUT2D eigenvalue weighted by molar-refractivity contribution is 6.30. The number of aryl methyl sites for hydroxylation is 2. The molecule has 1 unspecified atom stereocenters. The third kappa shape index (κ3) is 4.59. The van der Waals surface area contributed by atoms with Crippen LogP contribution in [0, 0.1) is 13.8 Å². The molecule has 0 aliphatic carbocycles. The summed E-state index contributed by atoms with van der Waals surface area (Å²) in [6, 6.07) is 25.5. The second-order valence-electron chi connectivity index (χ2n) is 9.67. The van der Waals surface area contributed by atoms with E-state index in [1.54, 1.807) is 6.33 Å². The molecular weight excluding hydrogens is 480 g/mol. The summed E-state index contributed by atoms with van der Waals surface area (Å²) in [6.07, 6.45) is 3.56. The molecule has 186 valence electrons. The summed E-state index contributed by atoms with van der Waals surface area (Å²) in [7, 11) is 0. The maximum Gasteiger partial charge on any atom is 0.168 e. The third-order valence-electron chi connectivity index (χ3n) is 7.21. The Hall–Kier alpha value is -3.74. The van der Waals surface area contributed by atoms with Crippen molar-refractivity contribution < 1.29 is 0 Å². The molecule has 0 bridgehead atoms. The van der Waals surface area contributed by atoms with E-state index in [1.807, 2.05) is 23.0 Å². The van der Waals surface area contributed by atoms with Gasteiger partial charge in [-0.15, -0.1) is 0 Å². The van der Waals surface area contributed by atoms with E-state index < -0.39 is 0 Å². The summed E-state index contributed by atoms with van der Waals surface area (Å²) in [5, 5.41) is 6.45. The van der Waals surface area contributed by atoms with E-state index in [-0.39, 0.29) is 6.04 Å². The molecule has 1 aliphatic heterocycles. The topological polar surface area (TPSA) is 50.1 Å². The Morgan fingerprint density at radius 2 is 1.54 bits per heavy atom. The van der Waals surface area contributed by atoms with Crippen molar-refractivity contribution in [3.8, 4) is 5.69 Å². The third-order valence-corrected chi connectivity index (χ3v) is 7.46. The van der Waals surface area contributed by atoms with Crippen molar-refractivity contribution in [3.63, 3.8) is 0 Å². The molecule has 1 atom stereocenters. The summed E-state index contributed by atoms with van der Waals surface area (Å²) >= 11 is 6.20. The van der Waals surface area contributed by atoms with E-state index in [2.05, 4.69) is 89.3 Å². The fourth-order valence-corrected chi connectivity index (χ4v) is 5.52. The lowest BCUT2D eigenvalue weighted by Crippen LogP contribution is -2.48. The Labute approximate surface area is 222 Å². The minimum atomic E-state index is 0.179. The lowest BCUT2D eigenvalue weighted by atomic mass is 9.96. The summed E-state index contributed by atoms with van der Waals surface area (Å²) in [5.74, 6) is 0.948. The molecule has 0 N–H and O–H groups in total. The standard InChI is InChI=1S/C30H29ClN6/c1-21-8-13-27(22(2)18-21)37-30-26(19-34-37)29(32-20-33-30)36-16-14-35(15-17-36)28(23-6-4-3-5-7-23)24-9-11-25(31)12-10-24/h3-13,18-20,28H,14-17H2,1-2H3. The van der Waals surface area contributed by atoms with Crippen molar-refractivity contribution in [1.82, 2.24) is 24.6 Å². The van der Waals surface area contributed by atoms with Gasteiger partial charge in [-0.1, -0.05) is 71.8 Å². The summed E-state index contributed by atoms with van der Waals surface area (Å²) < 4.78 is 1.93. The van der Waals surface area contributed by atoms with Gasteiger partial charge < -0.3 is 4.90 Å². The van der Waals surface area contributed by atoms with Crippen LogP contribution in [-0.2, 0) is 0 Å². The van der Waals surface area contributed by atoms with Crippen LogP contribution in [-0.4, -0.2) is 50.8 Å². The maximum absolute atomic E-state index is 6.20. The number of anilines is 1. The number of aromatic nitrogens is 4. The number of nitrogens with zero attached hydrogens (tertiary/aromatic N) is 6. The molecule has 3 aromatic carbocycles. The highest BCUT2D eigenvalue weighted by Gasteiger charge is 2.28. The quantitative estimate of drug-likeness (QED) is 0.291. The monoisotopic (exact) mass is 508 g/mol. The van der Waals surface area contributed by atoms with Crippen molar-refractivity contribution in [2.45, 2.75) is 19.9 Å². The van der Waals surface area contributed by atoms with Crippen LogP contribution >= 0.6 is 11.6 Å². The van der Waals surface area contributed by atoms with Gasteiger partial charge in [0.2, 0.25) is 0 Å². The van der Waals surface area contributed by atoms with Gasteiger partial charge in [0.1, 0.15) is 12.1 Å². The second kappa shape index (κ2) is 9.96. The maximum atomic E-state index is 6.20. The molecular formula is C30H29ClN6. The van der Waals surface area contributed by atoms with Crippen LogP contribution in [0.4, 0.5) is 5.82 Å². The number of halogens is 1. The Morgan fingerprint density at radius 3 is 2.27 bits per heavy atom. The SMILES string of the molecule is Cc1ccc(-n2ncc3c(N4CCN(C(c5ccccc5)c5ccc(Cl)cc5)CC4)ncnc32)c(C)c1. The summed E-state index contributed by atoms with van der Waals surface area (Å²) in [6.45, 7) is 7.79. The van der Waals surface area contributed by atoms with E-state index >= 15 is 0 Å². The van der Waals surface area contributed by atoms with Gasteiger partial charge in [-0.3, -0.25) is 4.90 Å². The van der Waals surface area contributed by atoms with Crippen LogP contribution in [0.1, 0.15) is 28.3 Å². The Balaban J connectivity index is 1.27. The number of benzene rings is 3. The highest BCUT2D eigenvalue weighted by atomic mass is 35.5. The predicted molar refractivity (Wildman–Crippen MR) is 150 cm³/mol. The van der Waals surface area contributed by atoms with Crippen molar-refractivity contribution in [3.05, 3.63) is 113 Å². The van der Waals surface area contributed by atoms with E-state index in [0.29, 0.717) is 0 Å². The molecule has 5 aromatic rings. The van der Waals surface area contributed by atoms with Gasteiger partial charge in [-0.05, 0) is 48.7 Å². The van der Waals surface area contributed by atoms with E-state index in [9.17, 15) is 0 Å². The minimum absolute atomic E-state index is 0.179. The molecule has 1 aliphatic rings. The molecule has 37 heavy (non-hydrogen) atoms. The number of rotatable bonds is 5.